The average Bonchev–Trinajstić information content (AvgIpc) is 2.72. The maximum atomic E-state index is 12.1. The molecule has 2 nitrogen and oxygen atoms in total. The number of nitrogens with one attached hydrogen (secondary N) is 1. The molecule has 0 aliphatic carbocycles. The van der Waals surface area contributed by atoms with Crippen LogP contribution in [0.25, 0.3) is 0 Å². The third kappa shape index (κ3) is 4.12. The van der Waals surface area contributed by atoms with E-state index >= 15 is 0 Å². The Morgan fingerprint density at radius 3 is 1.93 bits per heavy atom. The second-order valence-electron chi connectivity index (χ2n) is 8.22. The second kappa shape index (κ2) is 9.03. The number of unbranched alkanes of at least 4 members (excludes halogenated alkanes) is 1. The van der Waals surface area contributed by atoms with Crippen molar-refractivity contribution in [1.82, 2.24) is 5.32 Å². The first kappa shape index (κ1) is 20.1. The van der Waals surface area contributed by atoms with Gasteiger partial charge in [0.15, 0.2) is 0 Å². The molecule has 0 bridgehead atoms. The van der Waals surface area contributed by atoms with Crippen LogP contribution in [-0.4, -0.2) is 10.7 Å². The fourth-order valence-electron chi connectivity index (χ4n) is 5.00. The van der Waals surface area contributed by atoms with Gasteiger partial charge in [-0.3, -0.25) is 0 Å². The van der Waals surface area contributed by atoms with Gasteiger partial charge in [-0.05, 0) is 24.0 Å². The summed E-state index contributed by atoms with van der Waals surface area (Å²) in [7, 11) is 0. The molecule has 1 fully saturated rings. The fraction of sp³-hybridized carbons (Fsp3) is 0.520. The van der Waals surface area contributed by atoms with E-state index < -0.39 is 5.60 Å². The molecule has 146 valence electrons. The lowest BCUT2D eigenvalue weighted by atomic mass is 9.62. The van der Waals surface area contributed by atoms with Gasteiger partial charge >= 0.3 is 0 Å². The molecule has 0 saturated carbocycles. The van der Waals surface area contributed by atoms with Crippen LogP contribution in [0.1, 0.15) is 76.1 Å². The van der Waals surface area contributed by atoms with Crippen LogP contribution in [0.2, 0.25) is 0 Å². The van der Waals surface area contributed by atoms with Crippen LogP contribution >= 0.6 is 0 Å². The number of hydrogen-bond acceptors (Lipinski definition) is 2. The normalized spacial score (nSPS) is 31.0. The highest BCUT2D eigenvalue weighted by molar-refractivity contribution is 5.28. The van der Waals surface area contributed by atoms with Crippen LogP contribution in [0.15, 0.2) is 60.7 Å². The lowest BCUT2D eigenvalue weighted by molar-refractivity contribution is -0.125. The summed E-state index contributed by atoms with van der Waals surface area (Å²) in [4.78, 5) is 0. The number of aliphatic hydroxyl groups is 1. The van der Waals surface area contributed by atoms with Crippen LogP contribution in [0.5, 0.6) is 0 Å². The summed E-state index contributed by atoms with van der Waals surface area (Å²) < 4.78 is 0. The van der Waals surface area contributed by atoms with E-state index in [0.29, 0.717) is 0 Å². The molecular weight excluding hydrogens is 330 g/mol. The summed E-state index contributed by atoms with van der Waals surface area (Å²) in [6.45, 7) is 6.69. The van der Waals surface area contributed by atoms with Crippen molar-refractivity contribution >= 4 is 0 Å². The van der Waals surface area contributed by atoms with Gasteiger partial charge in [0.2, 0.25) is 0 Å². The highest BCUT2D eigenvalue weighted by Gasteiger charge is 2.51. The van der Waals surface area contributed by atoms with Crippen molar-refractivity contribution in [1.29, 1.82) is 0 Å². The molecule has 1 aliphatic rings. The largest absolute Gasteiger partial charge is 0.389 e. The third-order valence-electron chi connectivity index (χ3n) is 6.54. The molecule has 5 atom stereocenters. The standard InChI is InChI=1S/C25H35NO/c1-4-6-18-25(27)19(3)23(20-14-9-7-10-15-20)26-24(22(25)13-5-2)21-16-11-8-12-17-21/h7-12,14-17,19,22-24,26-27H,4-6,13,18H2,1-3H3/t19-,22-,23+,24+,25+/m0/s1. The van der Waals surface area contributed by atoms with E-state index in [1.54, 1.807) is 0 Å². The fourth-order valence-corrected chi connectivity index (χ4v) is 5.00. The van der Waals surface area contributed by atoms with E-state index in [9.17, 15) is 5.11 Å². The average molecular weight is 366 g/mol. The minimum atomic E-state index is -0.654. The summed E-state index contributed by atoms with van der Waals surface area (Å²) in [5, 5.41) is 16.0. The molecule has 0 unspecified atom stereocenters. The lowest BCUT2D eigenvalue weighted by Crippen LogP contribution is -2.58. The summed E-state index contributed by atoms with van der Waals surface area (Å²) in [5.41, 5.74) is 1.91. The van der Waals surface area contributed by atoms with Crippen LogP contribution in [0.3, 0.4) is 0 Å². The van der Waals surface area contributed by atoms with Crippen molar-refractivity contribution in [3.8, 4) is 0 Å². The first-order valence-electron chi connectivity index (χ1n) is 10.7. The molecule has 0 aromatic heterocycles. The minimum absolute atomic E-state index is 0.159. The topological polar surface area (TPSA) is 32.3 Å². The molecule has 1 aliphatic heterocycles. The summed E-state index contributed by atoms with van der Waals surface area (Å²) >= 11 is 0. The Morgan fingerprint density at radius 1 is 0.852 bits per heavy atom. The van der Waals surface area contributed by atoms with Crippen LogP contribution in [-0.2, 0) is 0 Å². The van der Waals surface area contributed by atoms with E-state index in [1.165, 1.54) is 11.1 Å². The van der Waals surface area contributed by atoms with Crippen molar-refractivity contribution in [2.24, 2.45) is 11.8 Å². The van der Waals surface area contributed by atoms with E-state index in [0.717, 1.165) is 32.1 Å². The number of benzene rings is 2. The van der Waals surface area contributed by atoms with Gasteiger partial charge in [0, 0.05) is 23.9 Å². The third-order valence-corrected chi connectivity index (χ3v) is 6.54. The van der Waals surface area contributed by atoms with Crippen molar-refractivity contribution in [3.05, 3.63) is 71.8 Å². The van der Waals surface area contributed by atoms with Gasteiger partial charge in [-0.15, -0.1) is 0 Å². The quantitative estimate of drug-likeness (QED) is 0.626. The van der Waals surface area contributed by atoms with E-state index in [2.05, 4.69) is 86.8 Å². The number of piperidine rings is 1. The molecule has 27 heavy (non-hydrogen) atoms. The van der Waals surface area contributed by atoms with Gasteiger partial charge in [-0.1, -0.05) is 101 Å². The molecule has 0 spiro atoms. The Balaban J connectivity index is 2.05. The Hall–Kier alpha value is -1.64. The van der Waals surface area contributed by atoms with E-state index in [4.69, 9.17) is 0 Å². The van der Waals surface area contributed by atoms with Crippen LogP contribution in [0.4, 0.5) is 0 Å². The highest BCUT2D eigenvalue weighted by atomic mass is 16.3. The maximum absolute atomic E-state index is 12.1. The zero-order chi connectivity index (χ0) is 19.3. The minimum Gasteiger partial charge on any atom is -0.389 e. The SMILES string of the molecule is CCCC[C@@]1(O)[C@@H](C)[C@H](c2ccccc2)N[C@H](c2ccccc2)[C@@H]1CCC. The van der Waals surface area contributed by atoms with E-state index in [-0.39, 0.29) is 23.9 Å². The molecule has 2 aromatic carbocycles. The van der Waals surface area contributed by atoms with Crippen molar-refractivity contribution in [3.63, 3.8) is 0 Å². The maximum Gasteiger partial charge on any atom is 0.0737 e. The van der Waals surface area contributed by atoms with Gasteiger partial charge < -0.3 is 10.4 Å². The van der Waals surface area contributed by atoms with E-state index in [1.807, 2.05) is 0 Å². The van der Waals surface area contributed by atoms with Crippen molar-refractivity contribution in [2.75, 3.05) is 0 Å². The molecule has 3 rings (SSSR count). The number of hydrogen-bond donors (Lipinski definition) is 2. The molecular formula is C25H35NO. The highest BCUT2D eigenvalue weighted by Crippen LogP contribution is 2.50. The Labute approximate surface area is 165 Å². The molecule has 1 saturated heterocycles. The van der Waals surface area contributed by atoms with Gasteiger partial charge in [-0.25, -0.2) is 0 Å². The van der Waals surface area contributed by atoms with Gasteiger partial charge in [0.1, 0.15) is 0 Å². The lowest BCUT2D eigenvalue weighted by Gasteiger charge is -2.53. The Bertz CT molecular complexity index is 686. The first-order chi connectivity index (χ1) is 13.1. The zero-order valence-corrected chi connectivity index (χ0v) is 17.1. The smallest absolute Gasteiger partial charge is 0.0737 e. The Kier molecular flexibility index (Phi) is 6.73. The van der Waals surface area contributed by atoms with Crippen LogP contribution in [0, 0.1) is 11.8 Å². The molecule has 2 heteroatoms. The zero-order valence-electron chi connectivity index (χ0n) is 17.1. The second-order valence-corrected chi connectivity index (χ2v) is 8.22. The molecule has 0 amide bonds. The predicted octanol–water partition coefficient (Wildman–Crippen LogP) is 6.05. The molecule has 2 aromatic rings. The van der Waals surface area contributed by atoms with Crippen molar-refractivity contribution in [2.45, 2.75) is 70.6 Å². The summed E-state index contributed by atoms with van der Waals surface area (Å²) in [6, 6.07) is 21.7. The molecule has 1 heterocycles. The van der Waals surface area contributed by atoms with Crippen LogP contribution < -0.4 is 5.32 Å². The summed E-state index contributed by atoms with van der Waals surface area (Å²) in [6.07, 6.45) is 5.20. The van der Waals surface area contributed by atoms with Gasteiger partial charge in [0.25, 0.3) is 0 Å². The summed E-state index contributed by atoms with van der Waals surface area (Å²) in [5.74, 6) is 0.398. The van der Waals surface area contributed by atoms with Gasteiger partial charge in [-0.2, -0.15) is 0 Å². The first-order valence-corrected chi connectivity index (χ1v) is 10.7. The van der Waals surface area contributed by atoms with Gasteiger partial charge in [0.05, 0.1) is 5.60 Å². The predicted molar refractivity (Wildman–Crippen MR) is 114 cm³/mol. The Morgan fingerprint density at radius 2 is 1.41 bits per heavy atom. The number of rotatable bonds is 7. The monoisotopic (exact) mass is 365 g/mol. The molecule has 2 N–H and O–H groups in total. The molecule has 0 radical (unpaired) electrons. The van der Waals surface area contributed by atoms with Crippen molar-refractivity contribution < 1.29 is 5.11 Å².